The largest absolute Gasteiger partial charge is 0.480 e. The van der Waals surface area contributed by atoms with Gasteiger partial charge in [0.25, 0.3) is 0 Å². The molecule has 3 atom stereocenters. The van der Waals surface area contributed by atoms with Crippen LogP contribution < -0.4 is 0 Å². The maximum Gasteiger partial charge on any atom is 0.317 e. The molecule has 0 aromatic heterocycles. The Bertz CT molecular complexity index is 789. The molecule has 9 nitrogen and oxygen atoms in total. The topological polar surface area (TPSA) is 122 Å². The molecule has 9 heteroatoms. The van der Waals surface area contributed by atoms with Crippen molar-refractivity contribution >= 4 is 17.9 Å². The van der Waals surface area contributed by atoms with Crippen LogP contribution in [0.2, 0.25) is 0 Å². The summed E-state index contributed by atoms with van der Waals surface area (Å²) in [6.45, 7) is 2.80. The first kappa shape index (κ1) is 24.2. The average molecular weight is 448 g/mol. The molecular formula is C23H33N3O6. The fourth-order valence-electron chi connectivity index (χ4n) is 5.02. The van der Waals surface area contributed by atoms with E-state index in [1.165, 1.54) is 5.56 Å². The molecular weight excluding hydrogens is 414 g/mol. The lowest BCUT2D eigenvalue weighted by atomic mass is 10.1. The number of fused-ring (bicyclic) bond motifs is 1. The van der Waals surface area contributed by atoms with Crippen molar-refractivity contribution in [3.05, 3.63) is 35.9 Å². The molecule has 1 saturated heterocycles. The van der Waals surface area contributed by atoms with Crippen LogP contribution in [-0.4, -0.2) is 107 Å². The summed E-state index contributed by atoms with van der Waals surface area (Å²) in [7, 11) is 0. The van der Waals surface area contributed by atoms with Crippen molar-refractivity contribution in [1.29, 1.82) is 0 Å². The SMILES string of the molecule is O=C(O)CN1CCCC2C(CN(CC(=O)O)CCN(CC(=O)O)CC1)C2c1ccccc1. The number of benzene rings is 1. The Labute approximate surface area is 188 Å². The molecule has 1 aromatic rings. The van der Waals surface area contributed by atoms with Gasteiger partial charge in [-0.1, -0.05) is 30.3 Å². The van der Waals surface area contributed by atoms with Crippen LogP contribution in [0.5, 0.6) is 0 Å². The van der Waals surface area contributed by atoms with Gasteiger partial charge in [0.15, 0.2) is 0 Å². The normalized spacial score (nSPS) is 26.2. The molecule has 1 heterocycles. The van der Waals surface area contributed by atoms with E-state index in [1.54, 1.807) is 4.90 Å². The Balaban J connectivity index is 1.77. The third kappa shape index (κ3) is 7.29. The van der Waals surface area contributed by atoms with Crippen molar-refractivity contribution in [3.63, 3.8) is 0 Å². The maximum absolute atomic E-state index is 11.5. The molecule has 2 fully saturated rings. The van der Waals surface area contributed by atoms with Crippen molar-refractivity contribution in [2.24, 2.45) is 11.8 Å². The summed E-state index contributed by atoms with van der Waals surface area (Å²) in [6.07, 6.45) is 1.82. The Kier molecular flexibility index (Phi) is 8.60. The highest BCUT2D eigenvalue weighted by molar-refractivity contribution is 5.69. The van der Waals surface area contributed by atoms with E-state index in [9.17, 15) is 29.7 Å². The Morgan fingerprint density at radius 3 is 1.78 bits per heavy atom. The van der Waals surface area contributed by atoms with E-state index in [2.05, 4.69) is 12.1 Å². The van der Waals surface area contributed by atoms with Crippen LogP contribution in [0.1, 0.15) is 24.3 Å². The second-order valence-electron chi connectivity index (χ2n) is 8.88. The minimum atomic E-state index is -0.949. The number of hydrogen-bond donors (Lipinski definition) is 3. The summed E-state index contributed by atoms with van der Waals surface area (Å²) in [5.41, 5.74) is 1.26. The van der Waals surface area contributed by atoms with Crippen LogP contribution in [0.15, 0.2) is 30.3 Å². The highest BCUT2D eigenvalue weighted by Crippen LogP contribution is 2.56. The van der Waals surface area contributed by atoms with Gasteiger partial charge >= 0.3 is 17.9 Å². The number of nitrogens with zero attached hydrogens (tertiary/aromatic N) is 3. The molecule has 0 amide bonds. The van der Waals surface area contributed by atoms with Gasteiger partial charge in [-0.15, -0.1) is 0 Å². The Hall–Kier alpha value is -2.49. The van der Waals surface area contributed by atoms with Gasteiger partial charge in [-0.25, -0.2) is 0 Å². The number of rotatable bonds is 7. The number of carbonyl (C=O) groups is 3. The smallest absolute Gasteiger partial charge is 0.317 e. The second-order valence-corrected chi connectivity index (χ2v) is 8.88. The fraction of sp³-hybridized carbons (Fsp3) is 0.609. The molecule has 0 spiro atoms. The first-order chi connectivity index (χ1) is 15.3. The van der Waals surface area contributed by atoms with E-state index >= 15 is 0 Å². The molecule has 3 rings (SSSR count). The van der Waals surface area contributed by atoms with Gasteiger partial charge in [-0.2, -0.15) is 0 Å². The van der Waals surface area contributed by atoms with E-state index in [0.717, 1.165) is 12.8 Å². The van der Waals surface area contributed by atoms with Crippen molar-refractivity contribution < 1.29 is 29.7 Å². The lowest BCUT2D eigenvalue weighted by Gasteiger charge is -2.28. The van der Waals surface area contributed by atoms with E-state index in [1.807, 2.05) is 28.0 Å². The van der Waals surface area contributed by atoms with Gasteiger partial charge in [-0.05, 0) is 42.7 Å². The van der Waals surface area contributed by atoms with E-state index < -0.39 is 17.9 Å². The Morgan fingerprint density at radius 2 is 1.22 bits per heavy atom. The standard InChI is InChI=1S/C23H33N3O6/c27-20(28)14-24-8-4-7-18-19(23(18)17-5-2-1-3-6-17)13-26(16-22(31)32)12-11-25(10-9-24)15-21(29)30/h1-3,5-6,18-19,23H,4,7-16H2,(H,27,28)(H,29,30)(H,31,32). The molecule has 2 aliphatic rings. The first-order valence-corrected chi connectivity index (χ1v) is 11.2. The lowest BCUT2D eigenvalue weighted by Crippen LogP contribution is -2.44. The molecule has 3 N–H and O–H groups in total. The molecule has 3 unspecified atom stereocenters. The highest BCUT2D eigenvalue weighted by Gasteiger charge is 2.50. The zero-order valence-electron chi connectivity index (χ0n) is 18.3. The Morgan fingerprint density at radius 1 is 0.719 bits per heavy atom. The summed E-state index contributed by atoms with van der Waals surface area (Å²) in [5, 5.41) is 27.9. The van der Waals surface area contributed by atoms with E-state index in [-0.39, 0.29) is 19.6 Å². The van der Waals surface area contributed by atoms with Crippen LogP contribution in [0.3, 0.4) is 0 Å². The summed E-state index contributed by atoms with van der Waals surface area (Å²) in [4.78, 5) is 39.6. The molecule has 1 aliphatic heterocycles. The molecule has 176 valence electrons. The van der Waals surface area contributed by atoms with Crippen LogP contribution in [0.25, 0.3) is 0 Å². The van der Waals surface area contributed by atoms with Gasteiger partial charge < -0.3 is 15.3 Å². The van der Waals surface area contributed by atoms with Crippen molar-refractivity contribution in [2.45, 2.75) is 18.8 Å². The van der Waals surface area contributed by atoms with Crippen LogP contribution in [0, 0.1) is 11.8 Å². The minimum Gasteiger partial charge on any atom is -0.480 e. The van der Waals surface area contributed by atoms with Gasteiger partial charge in [0, 0.05) is 32.7 Å². The van der Waals surface area contributed by atoms with Crippen LogP contribution >= 0.6 is 0 Å². The van der Waals surface area contributed by atoms with Crippen LogP contribution in [0.4, 0.5) is 0 Å². The van der Waals surface area contributed by atoms with Gasteiger partial charge in [0.1, 0.15) is 0 Å². The van der Waals surface area contributed by atoms with E-state index in [0.29, 0.717) is 57.0 Å². The molecule has 1 aromatic carbocycles. The molecule has 1 aliphatic carbocycles. The molecule has 0 bridgehead atoms. The number of carboxylic acid groups (broad SMARTS) is 3. The summed E-state index contributed by atoms with van der Waals surface area (Å²) >= 11 is 0. The molecule has 0 radical (unpaired) electrons. The first-order valence-electron chi connectivity index (χ1n) is 11.2. The number of aliphatic carboxylic acids is 3. The second kappa shape index (κ2) is 11.4. The number of hydrogen-bond acceptors (Lipinski definition) is 6. The van der Waals surface area contributed by atoms with Crippen LogP contribution in [-0.2, 0) is 14.4 Å². The third-order valence-electron chi connectivity index (χ3n) is 6.54. The summed E-state index contributed by atoms with van der Waals surface area (Å²) in [5.74, 6) is -1.57. The van der Waals surface area contributed by atoms with Crippen molar-refractivity contribution in [2.75, 3.05) is 58.9 Å². The summed E-state index contributed by atoms with van der Waals surface area (Å²) in [6, 6.07) is 10.3. The quantitative estimate of drug-likeness (QED) is 0.561. The third-order valence-corrected chi connectivity index (χ3v) is 6.54. The lowest BCUT2D eigenvalue weighted by molar-refractivity contribution is -0.140. The molecule has 32 heavy (non-hydrogen) atoms. The molecule has 1 saturated carbocycles. The number of carboxylic acids is 3. The van der Waals surface area contributed by atoms with Crippen molar-refractivity contribution in [1.82, 2.24) is 14.7 Å². The maximum atomic E-state index is 11.5. The minimum absolute atomic E-state index is 0.0672. The predicted molar refractivity (Wildman–Crippen MR) is 118 cm³/mol. The monoisotopic (exact) mass is 447 g/mol. The average Bonchev–Trinajstić information content (AvgIpc) is 3.40. The predicted octanol–water partition coefficient (Wildman–Crippen LogP) is 0.970. The van der Waals surface area contributed by atoms with Crippen molar-refractivity contribution in [3.8, 4) is 0 Å². The van der Waals surface area contributed by atoms with Gasteiger partial charge in [-0.3, -0.25) is 29.1 Å². The van der Waals surface area contributed by atoms with Gasteiger partial charge in [0.05, 0.1) is 19.6 Å². The van der Waals surface area contributed by atoms with Gasteiger partial charge in [0.2, 0.25) is 0 Å². The zero-order chi connectivity index (χ0) is 23.1. The van der Waals surface area contributed by atoms with E-state index in [4.69, 9.17) is 0 Å². The highest BCUT2D eigenvalue weighted by atomic mass is 16.4. The zero-order valence-corrected chi connectivity index (χ0v) is 18.3. The fourth-order valence-corrected chi connectivity index (χ4v) is 5.02. The summed E-state index contributed by atoms with van der Waals surface area (Å²) < 4.78 is 0.